The Kier molecular flexibility index (Phi) is 5.28. The normalized spacial score (nSPS) is 11.6. The Morgan fingerprint density at radius 1 is 1.38 bits per heavy atom. The first-order valence-corrected chi connectivity index (χ1v) is 6.27. The topological polar surface area (TPSA) is 128 Å². The van der Waals surface area contributed by atoms with E-state index in [0.717, 1.165) is 0 Å². The number of nitrogen functional groups attached to an aromatic ring is 1. The van der Waals surface area contributed by atoms with Gasteiger partial charge in [0.1, 0.15) is 6.54 Å². The number of aromatic nitrogens is 2. The summed E-state index contributed by atoms with van der Waals surface area (Å²) >= 11 is 0. The molecule has 0 aliphatic rings. The van der Waals surface area contributed by atoms with Gasteiger partial charge in [0.05, 0.1) is 17.1 Å². The van der Waals surface area contributed by atoms with Gasteiger partial charge in [-0.1, -0.05) is 0 Å². The molecule has 21 heavy (non-hydrogen) atoms. The summed E-state index contributed by atoms with van der Waals surface area (Å²) in [5, 5.41) is 8.33. The highest BCUT2D eigenvalue weighted by molar-refractivity contribution is 5.96. The zero-order chi connectivity index (χ0) is 16.2. The maximum atomic E-state index is 11.8. The molecule has 9 heteroatoms. The molecule has 0 radical (unpaired) electrons. The van der Waals surface area contributed by atoms with Gasteiger partial charge in [-0.15, -0.1) is 0 Å². The molecule has 0 aromatic carbocycles. The van der Waals surface area contributed by atoms with Crippen LogP contribution in [0.4, 0.5) is 10.5 Å². The minimum absolute atomic E-state index is 0.165. The number of aryl methyl sites for hydroxylation is 1. The van der Waals surface area contributed by atoms with Crippen LogP contribution in [0.15, 0.2) is 0 Å². The van der Waals surface area contributed by atoms with Crippen LogP contribution in [-0.4, -0.2) is 40.8 Å². The first-order chi connectivity index (χ1) is 9.76. The first kappa shape index (κ1) is 16.5. The van der Waals surface area contributed by atoms with Crippen LogP contribution in [0.25, 0.3) is 0 Å². The van der Waals surface area contributed by atoms with Gasteiger partial charge in [0, 0.05) is 7.05 Å². The van der Waals surface area contributed by atoms with Crippen molar-refractivity contribution in [3.05, 3.63) is 11.4 Å². The number of nitrogens with zero attached hydrogens (tertiary/aromatic N) is 2. The molecule has 1 aromatic rings. The number of ether oxygens (including phenoxy) is 1. The van der Waals surface area contributed by atoms with E-state index >= 15 is 0 Å². The van der Waals surface area contributed by atoms with E-state index < -0.39 is 24.0 Å². The minimum atomic E-state index is -1.09. The van der Waals surface area contributed by atoms with Crippen molar-refractivity contribution in [2.75, 3.05) is 12.8 Å². The minimum Gasteiger partial charge on any atom is -0.451 e. The predicted molar refractivity (Wildman–Crippen MR) is 74.3 cm³/mol. The number of esters is 1. The number of imide groups is 1. The quantitative estimate of drug-likeness (QED) is 0.641. The van der Waals surface area contributed by atoms with Gasteiger partial charge >= 0.3 is 12.0 Å². The molecule has 0 saturated heterocycles. The van der Waals surface area contributed by atoms with Gasteiger partial charge < -0.3 is 15.8 Å². The molecule has 4 N–H and O–H groups in total. The van der Waals surface area contributed by atoms with Gasteiger partial charge in [0.2, 0.25) is 0 Å². The standard InChI is InChI=1S/C12H19N5O4/c1-6-10(13)7(2)17(16-6)5-9(18)21-8(3)11(19)15-12(20)14-4/h8H,5,13H2,1-4H3,(H2,14,15,19,20). The fourth-order valence-corrected chi connectivity index (χ4v) is 1.55. The molecule has 1 heterocycles. The molecule has 9 nitrogen and oxygen atoms in total. The Hall–Kier alpha value is -2.58. The van der Waals surface area contributed by atoms with E-state index in [0.29, 0.717) is 17.1 Å². The summed E-state index contributed by atoms with van der Waals surface area (Å²) in [6.45, 7) is 4.65. The SMILES string of the molecule is CNC(=O)NC(=O)C(C)OC(=O)Cn1nc(C)c(N)c1C. The second kappa shape index (κ2) is 6.73. The molecule has 0 spiro atoms. The third-order valence-corrected chi connectivity index (χ3v) is 2.86. The molecule has 1 unspecified atom stereocenters. The van der Waals surface area contributed by atoms with E-state index in [1.54, 1.807) is 13.8 Å². The van der Waals surface area contributed by atoms with Crippen molar-refractivity contribution in [1.82, 2.24) is 20.4 Å². The molecule has 116 valence electrons. The van der Waals surface area contributed by atoms with Gasteiger partial charge in [-0.3, -0.25) is 19.6 Å². The summed E-state index contributed by atoms with van der Waals surface area (Å²) in [5.41, 5.74) is 7.52. The molecule has 3 amide bonds. The molecule has 1 atom stereocenters. The number of carbonyl (C=O) groups excluding carboxylic acids is 3. The zero-order valence-electron chi connectivity index (χ0n) is 12.4. The Labute approximate surface area is 121 Å². The summed E-state index contributed by atoms with van der Waals surface area (Å²) in [4.78, 5) is 34.3. The summed E-state index contributed by atoms with van der Waals surface area (Å²) in [5.74, 6) is -1.37. The highest BCUT2D eigenvalue weighted by atomic mass is 16.5. The van der Waals surface area contributed by atoms with Crippen LogP contribution in [0.5, 0.6) is 0 Å². The van der Waals surface area contributed by atoms with Crippen molar-refractivity contribution in [3.8, 4) is 0 Å². The predicted octanol–water partition coefficient (Wildman–Crippen LogP) is -0.531. The fourth-order valence-electron chi connectivity index (χ4n) is 1.55. The van der Waals surface area contributed by atoms with E-state index in [1.165, 1.54) is 18.7 Å². The van der Waals surface area contributed by atoms with E-state index in [1.807, 2.05) is 5.32 Å². The number of nitrogens with two attached hydrogens (primary N) is 1. The second-order valence-corrected chi connectivity index (χ2v) is 4.44. The van der Waals surface area contributed by atoms with Crippen LogP contribution in [0, 0.1) is 13.8 Å². The monoisotopic (exact) mass is 297 g/mol. The molecule has 0 saturated carbocycles. The molecule has 1 aromatic heterocycles. The number of urea groups is 1. The van der Waals surface area contributed by atoms with E-state index in [4.69, 9.17) is 10.5 Å². The van der Waals surface area contributed by atoms with Crippen molar-refractivity contribution in [1.29, 1.82) is 0 Å². The van der Waals surface area contributed by atoms with Crippen molar-refractivity contribution in [3.63, 3.8) is 0 Å². The molecular weight excluding hydrogens is 278 g/mol. The third kappa shape index (κ3) is 4.20. The lowest BCUT2D eigenvalue weighted by Gasteiger charge is -2.13. The Morgan fingerprint density at radius 3 is 2.48 bits per heavy atom. The molecule has 0 fully saturated rings. The molecule has 0 bridgehead atoms. The van der Waals surface area contributed by atoms with E-state index in [-0.39, 0.29) is 6.54 Å². The Morgan fingerprint density at radius 2 is 2.00 bits per heavy atom. The van der Waals surface area contributed by atoms with Crippen LogP contribution >= 0.6 is 0 Å². The maximum Gasteiger partial charge on any atom is 0.328 e. The summed E-state index contributed by atoms with van der Waals surface area (Å²) in [7, 11) is 1.37. The third-order valence-electron chi connectivity index (χ3n) is 2.86. The highest BCUT2D eigenvalue weighted by Crippen LogP contribution is 2.14. The van der Waals surface area contributed by atoms with Gasteiger partial charge in [-0.25, -0.2) is 4.79 Å². The Balaban J connectivity index is 2.59. The van der Waals surface area contributed by atoms with E-state index in [2.05, 4.69) is 10.4 Å². The highest BCUT2D eigenvalue weighted by Gasteiger charge is 2.20. The zero-order valence-corrected chi connectivity index (χ0v) is 12.4. The van der Waals surface area contributed by atoms with Crippen molar-refractivity contribution in [2.24, 2.45) is 0 Å². The largest absolute Gasteiger partial charge is 0.451 e. The maximum absolute atomic E-state index is 11.8. The van der Waals surface area contributed by atoms with Gasteiger partial charge in [-0.2, -0.15) is 5.10 Å². The van der Waals surface area contributed by atoms with Crippen LogP contribution in [0.2, 0.25) is 0 Å². The number of nitrogens with one attached hydrogen (secondary N) is 2. The first-order valence-electron chi connectivity index (χ1n) is 6.27. The van der Waals surface area contributed by atoms with Crippen LogP contribution in [0.1, 0.15) is 18.3 Å². The molecule has 1 rings (SSSR count). The van der Waals surface area contributed by atoms with Crippen molar-refractivity contribution >= 4 is 23.6 Å². The second-order valence-electron chi connectivity index (χ2n) is 4.44. The Bertz CT molecular complexity index is 566. The number of hydrogen-bond acceptors (Lipinski definition) is 6. The number of carbonyl (C=O) groups is 3. The number of anilines is 1. The van der Waals surface area contributed by atoms with Crippen molar-refractivity contribution in [2.45, 2.75) is 33.4 Å². The number of rotatable bonds is 4. The fraction of sp³-hybridized carbons (Fsp3) is 0.500. The average Bonchev–Trinajstić information content (AvgIpc) is 2.65. The summed E-state index contributed by atoms with van der Waals surface area (Å²) < 4.78 is 6.33. The van der Waals surface area contributed by atoms with Crippen LogP contribution in [0.3, 0.4) is 0 Å². The lowest BCUT2D eigenvalue weighted by atomic mass is 10.3. The average molecular weight is 297 g/mol. The smallest absolute Gasteiger partial charge is 0.328 e. The van der Waals surface area contributed by atoms with Gasteiger partial charge in [0.15, 0.2) is 6.10 Å². The molecule has 0 aliphatic heterocycles. The van der Waals surface area contributed by atoms with E-state index in [9.17, 15) is 14.4 Å². The van der Waals surface area contributed by atoms with Gasteiger partial charge in [-0.05, 0) is 20.8 Å². The van der Waals surface area contributed by atoms with Crippen molar-refractivity contribution < 1.29 is 19.1 Å². The molecule has 0 aliphatic carbocycles. The summed E-state index contributed by atoms with van der Waals surface area (Å²) in [6, 6.07) is -0.672. The van der Waals surface area contributed by atoms with Gasteiger partial charge in [0.25, 0.3) is 5.91 Å². The van der Waals surface area contributed by atoms with Crippen LogP contribution in [-0.2, 0) is 20.9 Å². The number of amides is 3. The lowest BCUT2D eigenvalue weighted by Crippen LogP contribution is -2.43. The summed E-state index contributed by atoms with van der Waals surface area (Å²) in [6.07, 6.45) is -1.09. The number of hydrogen-bond donors (Lipinski definition) is 3. The molecular formula is C12H19N5O4. The lowest BCUT2D eigenvalue weighted by molar-refractivity contribution is -0.155. The van der Waals surface area contributed by atoms with Crippen LogP contribution < -0.4 is 16.4 Å².